The molecule has 1 N–H and O–H groups in total. The summed E-state index contributed by atoms with van der Waals surface area (Å²) >= 11 is 0. The first kappa shape index (κ1) is 15.2. The van der Waals surface area contributed by atoms with E-state index in [1.54, 1.807) is 0 Å². The van der Waals surface area contributed by atoms with Crippen molar-refractivity contribution in [3.8, 4) is 0 Å². The highest BCUT2D eigenvalue weighted by atomic mass is 16.3. The lowest BCUT2D eigenvalue weighted by molar-refractivity contribution is 0.0765. The molecule has 0 amide bonds. The van der Waals surface area contributed by atoms with Crippen LogP contribution < -0.4 is 0 Å². The maximum atomic E-state index is 10.3. The molecule has 0 heterocycles. The van der Waals surface area contributed by atoms with E-state index in [0.717, 1.165) is 5.56 Å². The van der Waals surface area contributed by atoms with E-state index in [9.17, 15) is 5.11 Å². The van der Waals surface area contributed by atoms with Crippen molar-refractivity contribution in [2.24, 2.45) is 0 Å². The van der Waals surface area contributed by atoms with Crippen molar-refractivity contribution >= 4 is 0 Å². The van der Waals surface area contributed by atoms with E-state index in [2.05, 4.69) is 59.7 Å². The first-order valence-electron chi connectivity index (χ1n) is 6.71. The summed E-state index contributed by atoms with van der Waals surface area (Å²) < 4.78 is 0. The Balaban J connectivity index is 3.50. The van der Waals surface area contributed by atoms with Crippen molar-refractivity contribution in [3.63, 3.8) is 0 Å². The minimum atomic E-state index is -0.793. The third-order valence-corrected chi connectivity index (χ3v) is 3.35. The molecule has 0 bridgehead atoms. The third-order valence-electron chi connectivity index (χ3n) is 3.35. The zero-order valence-corrected chi connectivity index (χ0v) is 13.2. The van der Waals surface area contributed by atoms with Gasteiger partial charge in [0.15, 0.2) is 0 Å². The maximum absolute atomic E-state index is 10.3. The molecule has 1 aromatic carbocycles. The highest BCUT2D eigenvalue weighted by Gasteiger charge is 2.28. The van der Waals surface area contributed by atoms with Crippen LogP contribution in [-0.4, -0.2) is 5.11 Å². The van der Waals surface area contributed by atoms with Crippen LogP contribution in [0.5, 0.6) is 0 Å². The fourth-order valence-corrected chi connectivity index (χ4v) is 2.16. The summed E-state index contributed by atoms with van der Waals surface area (Å²) in [6.45, 7) is 17.0. The fourth-order valence-electron chi connectivity index (χ4n) is 2.16. The average Bonchev–Trinajstić information content (AvgIpc) is 2.12. The van der Waals surface area contributed by atoms with E-state index in [1.165, 1.54) is 11.1 Å². The van der Waals surface area contributed by atoms with Gasteiger partial charge in [0, 0.05) is 0 Å². The van der Waals surface area contributed by atoms with Crippen molar-refractivity contribution in [1.82, 2.24) is 0 Å². The van der Waals surface area contributed by atoms with Gasteiger partial charge in [0.05, 0.1) is 5.60 Å². The van der Waals surface area contributed by atoms with E-state index in [4.69, 9.17) is 0 Å². The van der Waals surface area contributed by atoms with Crippen LogP contribution in [0.25, 0.3) is 0 Å². The Morgan fingerprint density at radius 3 is 1.56 bits per heavy atom. The van der Waals surface area contributed by atoms with Crippen LogP contribution in [-0.2, 0) is 16.4 Å². The Hall–Kier alpha value is -0.820. The predicted octanol–water partition coefficient (Wildman–Crippen LogP) is 4.51. The molecule has 1 heteroatoms. The van der Waals surface area contributed by atoms with Gasteiger partial charge in [0.2, 0.25) is 0 Å². The van der Waals surface area contributed by atoms with Crippen LogP contribution in [0.2, 0.25) is 0 Å². The van der Waals surface area contributed by atoms with Gasteiger partial charge < -0.3 is 5.11 Å². The SMILES string of the molecule is CC(C)(C)c1ccc(C(C)(C)O)c(C(C)(C)C)c1. The molecule has 0 unspecified atom stereocenters. The van der Waals surface area contributed by atoms with Gasteiger partial charge in [0.25, 0.3) is 0 Å². The number of aliphatic hydroxyl groups is 1. The Kier molecular flexibility index (Phi) is 3.71. The highest BCUT2D eigenvalue weighted by molar-refractivity contribution is 5.41. The second kappa shape index (κ2) is 4.38. The summed E-state index contributed by atoms with van der Waals surface area (Å²) in [5.74, 6) is 0. The second-order valence-electron chi connectivity index (χ2n) is 7.82. The quantitative estimate of drug-likeness (QED) is 0.775. The molecule has 18 heavy (non-hydrogen) atoms. The zero-order valence-electron chi connectivity index (χ0n) is 13.2. The standard InChI is InChI=1S/C17H28O/c1-15(2,3)12-9-10-13(17(7,8)18)14(11-12)16(4,5)6/h9-11,18H,1-8H3. The Bertz CT molecular complexity index is 422. The molecule has 0 radical (unpaired) electrons. The molecule has 0 fully saturated rings. The van der Waals surface area contributed by atoms with Gasteiger partial charge in [-0.15, -0.1) is 0 Å². The normalized spacial score (nSPS) is 13.8. The predicted molar refractivity (Wildman–Crippen MR) is 79.1 cm³/mol. The molecular weight excluding hydrogens is 220 g/mol. The Labute approximate surface area is 112 Å². The van der Waals surface area contributed by atoms with Crippen LogP contribution in [0.15, 0.2) is 18.2 Å². The third kappa shape index (κ3) is 3.35. The summed E-state index contributed by atoms with van der Waals surface area (Å²) in [6.07, 6.45) is 0. The molecule has 1 nitrogen and oxygen atoms in total. The summed E-state index contributed by atoms with van der Waals surface area (Å²) in [4.78, 5) is 0. The molecule has 0 aliphatic carbocycles. The number of hydrogen-bond acceptors (Lipinski definition) is 1. The van der Waals surface area contributed by atoms with Gasteiger partial charge in [0.1, 0.15) is 0 Å². The monoisotopic (exact) mass is 248 g/mol. The van der Waals surface area contributed by atoms with E-state index in [-0.39, 0.29) is 10.8 Å². The smallest absolute Gasteiger partial charge is 0.0843 e. The maximum Gasteiger partial charge on any atom is 0.0843 e. The molecular formula is C17H28O. The number of rotatable bonds is 1. The summed E-state index contributed by atoms with van der Waals surface area (Å²) in [7, 11) is 0. The molecule has 0 saturated heterocycles. The topological polar surface area (TPSA) is 20.2 Å². The largest absolute Gasteiger partial charge is 0.386 e. The lowest BCUT2D eigenvalue weighted by Crippen LogP contribution is -2.25. The number of benzene rings is 1. The van der Waals surface area contributed by atoms with Gasteiger partial charge in [-0.1, -0.05) is 59.7 Å². The van der Waals surface area contributed by atoms with E-state index < -0.39 is 5.60 Å². The van der Waals surface area contributed by atoms with Crippen molar-refractivity contribution in [2.45, 2.75) is 71.8 Å². The fraction of sp³-hybridized carbons (Fsp3) is 0.647. The molecule has 102 valence electrons. The summed E-state index contributed by atoms with van der Waals surface area (Å²) in [5.41, 5.74) is 2.97. The van der Waals surface area contributed by atoms with Crippen molar-refractivity contribution < 1.29 is 5.11 Å². The van der Waals surface area contributed by atoms with Crippen molar-refractivity contribution in [2.75, 3.05) is 0 Å². The highest BCUT2D eigenvalue weighted by Crippen LogP contribution is 2.35. The summed E-state index contributed by atoms with van der Waals surface area (Å²) in [6, 6.07) is 6.48. The first-order valence-corrected chi connectivity index (χ1v) is 6.71. The van der Waals surface area contributed by atoms with Crippen molar-refractivity contribution in [3.05, 3.63) is 34.9 Å². The molecule has 1 aromatic rings. The zero-order chi connectivity index (χ0) is 14.4. The Morgan fingerprint density at radius 2 is 1.22 bits per heavy atom. The van der Waals surface area contributed by atoms with E-state index in [1.807, 2.05) is 13.8 Å². The molecule has 0 aliphatic rings. The minimum absolute atomic E-state index is 0.0383. The second-order valence-corrected chi connectivity index (χ2v) is 7.82. The summed E-state index contributed by atoms with van der Waals surface area (Å²) in [5, 5.41) is 10.3. The molecule has 0 aliphatic heterocycles. The van der Waals surface area contributed by atoms with Gasteiger partial charge in [-0.05, 0) is 41.4 Å². The van der Waals surface area contributed by atoms with Crippen LogP contribution in [0, 0.1) is 0 Å². The van der Waals surface area contributed by atoms with E-state index in [0.29, 0.717) is 0 Å². The van der Waals surface area contributed by atoms with Crippen LogP contribution in [0.4, 0.5) is 0 Å². The van der Waals surface area contributed by atoms with Crippen LogP contribution in [0.1, 0.15) is 72.1 Å². The molecule has 0 spiro atoms. The molecule has 1 rings (SSSR count). The number of hydrogen-bond donors (Lipinski definition) is 1. The molecule has 0 aromatic heterocycles. The van der Waals surface area contributed by atoms with Gasteiger partial charge in [-0.25, -0.2) is 0 Å². The molecule has 0 saturated carbocycles. The van der Waals surface area contributed by atoms with Gasteiger partial charge in [-0.3, -0.25) is 0 Å². The Morgan fingerprint density at radius 1 is 0.722 bits per heavy atom. The average molecular weight is 248 g/mol. The van der Waals surface area contributed by atoms with Crippen LogP contribution >= 0.6 is 0 Å². The van der Waals surface area contributed by atoms with E-state index >= 15 is 0 Å². The lowest BCUT2D eigenvalue weighted by atomic mass is 9.75. The first-order chi connectivity index (χ1) is 7.83. The van der Waals surface area contributed by atoms with Crippen molar-refractivity contribution in [1.29, 1.82) is 0 Å². The van der Waals surface area contributed by atoms with Gasteiger partial charge >= 0.3 is 0 Å². The molecule has 0 atom stereocenters. The van der Waals surface area contributed by atoms with Crippen LogP contribution in [0.3, 0.4) is 0 Å². The lowest BCUT2D eigenvalue weighted by Gasteiger charge is -2.31. The minimum Gasteiger partial charge on any atom is -0.386 e. The van der Waals surface area contributed by atoms with Gasteiger partial charge in [-0.2, -0.15) is 0 Å².